The number of hydrogen-bond donors (Lipinski definition) is 0. The molecule has 0 bridgehead atoms. The molecule has 128 valence electrons. The van der Waals surface area contributed by atoms with E-state index < -0.39 is 20.0 Å². The SMILES string of the molecule is CC(C)(C)C(=O)O[C@@H]1CC=C[C@@H](CO[Si](C)(C)C(C)(C)C)O1. The molecular formula is C17H32O4Si. The second-order valence-corrected chi connectivity index (χ2v) is 13.3. The van der Waals surface area contributed by atoms with Gasteiger partial charge in [-0.3, -0.25) is 4.79 Å². The molecule has 0 amide bonds. The standard InChI is InChI=1S/C17H32O4Si/c1-16(2,3)15(18)21-14-11-9-10-13(20-14)12-19-22(7,8)17(4,5)6/h9-10,13-14H,11-12H2,1-8H3/t13-,14+/m0/s1. The Balaban J connectivity index is 2.53. The highest BCUT2D eigenvalue weighted by atomic mass is 28.4. The summed E-state index contributed by atoms with van der Waals surface area (Å²) in [4.78, 5) is 11.9. The topological polar surface area (TPSA) is 44.8 Å². The van der Waals surface area contributed by atoms with Crippen molar-refractivity contribution in [2.45, 2.75) is 78.5 Å². The van der Waals surface area contributed by atoms with Gasteiger partial charge in [0.1, 0.15) is 6.10 Å². The first-order chi connectivity index (χ1) is 9.83. The van der Waals surface area contributed by atoms with E-state index in [1.54, 1.807) is 0 Å². The number of carbonyl (C=O) groups is 1. The van der Waals surface area contributed by atoms with Crippen LogP contribution < -0.4 is 0 Å². The maximum atomic E-state index is 11.9. The van der Waals surface area contributed by atoms with Crippen molar-refractivity contribution in [3.05, 3.63) is 12.2 Å². The molecule has 0 fully saturated rings. The van der Waals surface area contributed by atoms with Gasteiger partial charge >= 0.3 is 5.97 Å². The lowest BCUT2D eigenvalue weighted by Crippen LogP contribution is -2.43. The van der Waals surface area contributed by atoms with Crippen LogP contribution in [0.1, 0.15) is 48.0 Å². The normalized spacial score (nSPS) is 23.5. The molecule has 22 heavy (non-hydrogen) atoms. The first-order valence-corrected chi connectivity index (χ1v) is 10.9. The van der Waals surface area contributed by atoms with E-state index in [2.05, 4.69) is 33.9 Å². The summed E-state index contributed by atoms with van der Waals surface area (Å²) in [5, 5.41) is 0.170. The zero-order valence-corrected chi connectivity index (χ0v) is 16.4. The predicted octanol–water partition coefficient (Wildman–Crippen LogP) is 4.27. The molecule has 0 aromatic heterocycles. The molecule has 0 radical (unpaired) electrons. The minimum atomic E-state index is -1.79. The van der Waals surface area contributed by atoms with Gasteiger partial charge in [-0.1, -0.05) is 32.9 Å². The van der Waals surface area contributed by atoms with Crippen molar-refractivity contribution in [3.63, 3.8) is 0 Å². The summed E-state index contributed by atoms with van der Waals surface area (Å²) in [5.74, 6) is -0.239. The molecule has 1 aliphatic heterocycles. The van der Waals surface area contributed by atoms with E-state index in [9.17, 15) is 4.79 Å². The average molecular weight is 329 g/mol. The Bertz CT molecular complexity index is 415. The van der Waals surface area contributed by atoms with E-state index >= 15 is 0 Å². The highest BCUT2D eigenvalue weighted by Crippen LogP contribution is 2.36. The second-order valence-electron chi connectivity index (χ2n) is 8.49. The third kappa shape index (κ3) is 5.52. The summed E-state index contributed by atoms with van der Waals surface area (Å²) < 4.78 is 17.4. The molecule has 4 nitrogen and oxygen atoms in total. The Morgan fingerprint density at radius 3 is 2.32 bits per heavy atom. The Labute approximate surface area is 136 Å². The lowest BCUT2D eigenvalue weighted by Gasteiger charge is -2.37. The molecule has 1 aliphatic rings. The van der Waals surface area contributed by atoms with Gasteiger partial charge in [0, 0.05) is 6.42 Å². The summed E-state index contributed by atoms with van der Waals surface area (Å²) in [6.07, 6.45) is 3.93. The van der Waals surface area contributed by atoms with Crippen LogP contribution in [-0.4, -0.2) is 33.3 Å². The Morgan fingerprint density at radius 1 is 1.23 bits per heavy atom. The van der Waals surface area contributed by atoms with Crippen molar-refractivity contribution in [2.75, 3.05) is 6.61 Å². The van der Waals surface area contributed by atoms with Gasteiger partial charge in [0.25, 0.3) is 0 Å². The first kappa shape index (κ1) is 19.4. The van der Waals surface area contributed by atoms with E-state index in [1.165, 1.54) is 0 Å². The highest BCUT2D eigenvalue weighted by Gasteiger charge is 2.38. The smallest absolute Gasteiger partial charge is 0.313 e. The van der Waals surface area contributed by atoms with Crippen LogP contribution in [-0.2, 0) is 18.7 Å². The Kier molecular flexibility index (Phi) is 6.04. The van der Waals surface area contributed by atoms with Gasteiger partial charge in [-0.15, -0.1) is 0 Å². The van der Waals surface area contributed by atoms with E-state index in [1.807, 2.05) is 32.9 Å². The molecule has 5 heteroatoms. The van der Waals surface area contributed by atoms with Crippen LogP contribution in [0.4, 0.5) is 0 Å². The first-order valence-electron chi connectivity index (χ1n) is 8.00. The molecule has 1 heterocycles. The van der Waals surface area contributed by atoms with Gasteiger partial charge in [0.2, 0.25) is 6.29 Å². The van der Waals surface area contributed by atoms with Crippen LogP contribution in [0.15, 0.2) is 12.2 Å². The summed E-state index contributed by atoms with van der Waals surface area (Å²) in [7, 11) is -1.79. The lowest BCUT2D eigenvalue weighted by molar-refractivity contribution is -0.197. The predicted molar refractivity (Wildman–Crippen MR) is 91.1 cm³/mol. The van der Waals surface area contributed by atoms with Crippen LogP contribution in [0, 0.1) is 5.41 Å². The van der Waals surface area contributed by atoms with Gasteiger partial charge in [-0.2, -0.15) is 0 Å². The van der Waals surface area contributed by atoms with Crippen LogP contribution in [0.5, 0.6) is 0 Å². The van der Waals surface area contributed by atoms with Gasteiger partial charge in [0.15, 0.2) is 8.32 Å². The maximum Gasteiger partial charge on any atom is 0.313 e. The number of carbonyl (C=O) groups excluding carboxylic acids is 1. The molecule has 2 atom stereocenters. The van der Waals surface area contributed by atoms with Crippen LogP contribution in [0.2, 0.25) is 18.1 Å². The third-order valence-electron chi connectivity index (χ3n) is 4.27. The van der Waals surface area contributed by atoms with Gasteiger partial charge in [-0.25, -0.2) is 0 Å². The largest absolute Gasteiger partial charge is 0.435 e. The van der Waals surface area contributed by atoms with Gasteiger partial charge < -0.3 is 13.9 Å². The summed E-state index contributed by atoms with van der Waals surface area (Å²) in [6.45, 7) is 17.1. The zero-order valence-electron chi connectivity index (χ0n) is 15.4. The summed E-state index contributed by atoms with van der Waals surface area (Å²) in [6, 6.07) is 0. The number of esters is 1. The van der Waals surface area contributed by atoms with E-state index in [0.29, 0.717) is 13.0 Å². The van der Waals surface area contributed by atoms with Crippen LogP contribution >= 0.6 is 0 Å². The monoisotopic (exact) mass is 328 g/mol. The molecule has 0 saturated carbocycles. The molecule has 0 aromatic rings. The minimum Gasteiger partial charge on any atom is -0.435 e. The fraction of sp³-hybridized carbons (Fsp3) is 0.824. The van der Waals surface area contributed by atoms with Crippen molar-refractivity contribution in [1.29, 1.82) is 0 Å². The molecule has 0 aliphatic carbocycles. The maximum absolute atomic E-state index is 11.9. The molecule has 0 spiro atoms. The Hall–Kier alpha value is -0.653. The zero-order chi connectivity index (χ0) is 17.2. The van der Waals surface area contributed by atoms with Gasteiger partial charge in [0.05, 0.1) is 12.0 Å². The highest BCUT2D eigenvalue weighted by molar-refractivity contribution is 6.74. The third-order valence-corrected chi connectivity index (χ3v) is 8.77. The number of rotatable bonds is 4. The second kappa shape index (κ2) is 6.85. The van der Waals surface area contributed by atoms with Crippen molar-refractivity contribution < 1.29 is 18.7 Å². The lowest BCUT2D eigenvalue weighted by atomic mass is 9.97. The van der Waals surface area contributed by atoms with E-state index in [0.717, 1.165) is 0 Å². The van der Waals surface area contributed by atoms with Crippen molar-refractivity contribution in [2.24, 2.45) is 5.41 Å². The summed E-state index contributed by atoms with van der Waals surface area (Å²) >= 11 is 0. The number of ether oxygens (including phenoxy) is 2. The van der Waals surface area contributed by atoms with Crippen LogP contribution in [0.3, 0.4) is 0 Å². The fourth-order valence-corrected chi connectivity index (χ4v) is 2.63. The van der Waals surface area contributed by atoms with Crippen LogP contribution in [0.25, 0.3) is 0 Å². The molecule has 0 N–H and O–H groups in total. The van der Waals surface area contributed by atoms with Gasteiger partial charge in [-0.05, 0) is 38.9 Å². The summed E-state index contributed by atoms with van der Waals surface area (Å²) in [5.41, 5.74) is -0.516. The molecule has 0 saturated heterocycles. The van der Waals surface area contributed by atoms with Crippen molar-refractivity contribution >= 4 is 14.3 Å². The van der Waals surface area contributed by atoms with E-state index in [4.69, 9.17) is 13.9 Å². The van der Waals surface area contributed by atoms with Crippen molar-refractivity contribution in [3.8, 4) is 0 Å². The fourth-order valence-electron chi connectivity index (χ4n) is 1.61. The molecular weight excluding hydrogens is 296 g/mol. The molecule has 1 rings (SSSR count). The van der Waals surface area contributed by atoms with Crippen molar-refractivity contribution in [1.82, 2.24) is 0 Å². The van der Waals surface area contributed by atoms with E-state index in [-0.39, 0.29) is 17.1 Å². The minimum absolute atomic E-state index is 0.152. The number of hydrogen-bond acceptors (Lipinski definition) is 4. The average Bonchev–Trinajstić information content (AvgIpc) is 2.34. The Morgan fingerprint density at radius 2 is 1.82 bits per heavy atom. The molecule has 0 aromatic carbocycles. The molecule has 0 unspecified atom stereocenters. The quantitative estimate of drug-likeness (QED) is 0.439.